The lowest BCUT2D eigenvalue weighted by atomic mass is 9.76. The van der Waals surface area contributed by atoms with Gasteiger partial charge in [0.1, 0.15) is 5.54 Å². The Kier molecular flexibility index (Phi) is 6.70. The van der Waals surface area contributed by atoms with E-state index < -0.39 is 5.54 Å². The topological polar surface area (TPSA) is 49.9 Å². The van der Waals surface area contributed by atoms with E-state index in [2.05, 4.69) is 17.0 Å². The normalized spacial score (nSPS) is 22.1. The summed E-state index contributed by atoms with van der Waals surface area (Å²) in [7, 11) is 1.41. The summed E-state index contributed by atoms with van der Waals surface area (Å²) < 4.78 is 5.26. The van der Waals surface area contributed by atoms with E-state index in [9.17, 15) is 9.59 Å². The Bertz CT molecular complexity index is 825. The molecule has 5 nitrogen and oxygen atoms in total. The molecule has 2 aromatic carbocycles. The maximum Gasteiger partial charge on any atom is 0.332 e. The molecule has 1 saturated heterocycles. The number of rotatable bonds is 6. The zero-order valence-electron chi connectivity index (χ0n) is 17.5. The SMILES string of the molecule is CCC(=O)N(c1ccccc1)[C@@]1(C(=O)OC)CCN(Cc2ccccc2)C[C@H]1C. The fourth-order valence-electron chi connectivity index (χ4n) is 4.43. The lowest BCUT2D eigenvalue weighted by Crippen LogP contribution is -2.66. The minimum absolute atomic E-state index is 0.0649. The molecule has 0 aromatic heterocycles. The van der Waals surface area contributed by atoms with E-state index in [1.807, 2.05) is 62.4 Å². The number of carbonyl (C=O) groups excluding carboxylic acids is 2. The predicted molar refractivity (Wildman–Crippen MR) is 114 cm³/mol. The molecule has 2 aromatic rings. The van der Waals surface area contributed by atoms with E-state index in [0.717, 1.165) is 12.2 Å². The van der Waals surface area contributed by atoms with Crippen molar-refractivity contribution in [1.82, 2.24) is 4.90 Å². The van der Waals surface area contributed by atoms with Crippen LogP contribution < -0.4 is 4.90 Å². The average Bonchev–Trinajstić information content (AvgIpc) is 2.76. The van der Waals surface area contributed by atoms with Crippen LogP contribution in [0.2, 0.25) is 0 Å². The third-order valence-corrected chi connectivity index (χ3v) is 5.91. The fraction of sp³-hybridized carbons (Fsp3) is 0.417. The van der Waals surface area contributed by atoms with Crippen molar-refractivity contribution < 1.29 is 14.3 Å². The number of para-hydroxylation sites is 1. The number of ether oxygens (including phenoxy) is 1. The number of methoxy groups -OCH3 is 1. The van der Waals surface area contributed by atoms with Crippen molar-refractivity contribution in [3.63, 3.8) is 0 Å². The summed E-state index contributed by atoms with van der Waals surface area (Å²) in [4.78, 5) is 30.3. The minimum atomic E-state index is -1.00. The smallest absolute Gasteiger partial charge is 0.332 e. The Morgan fingerprint density at radius 2 is 1.72 bits per heavy atom. The van der Waals surface area contributed by atoms with Gasteiger partial charge in [0, 0.05) is 37.7 Å². The molecule has 29 heavy (non-hydrogen) atoms. The Hall–Kier alpha value is -2.66. The second-order valence-electron chi connectivity index (χ2n) is 7.71. The molecule has 1 heterocycles. The van der Waals surface area contributed by atoms with Crippen molar-refractivity contribution in [2.24, 2.45) is 5.92 Å². The third kappa shape index (κ3) is 4.20. The largest absolute Gasteiger partial charge is 0.467 e. The molecule has 0 bridgehead atoms. The maximum absolute atomic E-state index is 13.2. The molecule has 1 amide bonds. The number of nitrogens with zero attached hydrogens (tertiary/aromatic N) is 2. The van der Waals surface area contributed by atoms with Crippen LogP contribution in [0.3, 0.4) is 0 Å². The molecule has 0 saturated carbocycles. The lowest BCUT2D eigenvalue weighted by Gasteiger charge is -2.50. The molecule has 1 aliphatic rings. The molecule has 0 aliphatic carbocycles. The number of esters is 1. The van der Waals surface area contributed by atoms with Crippen LogP contribution in [0.25, 0.3) is 0 Å². The van der Waals surface area contributed by atoms with E-state index >= 15 is 0 Å². The Morgan fingerprint density at radius 1 is 1.10 bits per heavy atom. The molecule has 0 radical (unpaired) electrons. The second kappa shape index (κ2) is 9.23. The van der Waals surface area contributed by atoms with Gasteiger partial charge in [0.15, 0.2) is 0 Å². The standard InChI is InChI=1S/C24H30N2O3/c1-4-22(27)26(21-13-9-6-10-14-21)24(23(28)29-3)15-16-25(17-19(24)2)18-20-11-7-5-8-12-20/h5-14,19H,4,15-18H2,1-3H3/t19-,24+/m1/s1. The third-order valence-electron chi connectivity index (χ3n) is 5.91. The Labute approximate surface area is 173 Å². The van der Waals surface area contributed by atoms with E-state index in [1.165, 1.54) is 12.7 Å². The first-order chi connectivity index (χ1) is 14.0. The summed E-state index contributed by atoms with van der Waals surface area (Å²) in [6, 6.07) is 19.8. The number of benzene rings is 2. The first-order valence-corrected chi connectivity index (χ1v) is 10.3. The molecular formula is C24H30N2O3. The number of likely N-dealkylation sites (tertiary alicyclic amines) is 1. The molecule has 0 unspecified atom stereocenters. The molecule has 1 aliphatic heterocycles. The molecular weight excluding hydrogens is 364 g/mol. The van der Waals surface area contributed by atoms with Gasteiger partial charge in [-0.25, -0.2) is 4.79 Å². The summed E-state index contributed by atoms with van der Waals surface area (Å²) in [6.07, 6.45) is 0.863. The fourth-order valence-corrected chi connectivity index (χ4v) is 4.43. The van der Waals surface area contributed by atoms with Crippen molar-refractivity contribution in [3.8, 4) is 0 Å². The monoisotopic (exact) mass is 394 g/mol. The van der Waals surface area contributed by atoms with Crippen molar-refractivity contribution in [3.05, 3.63) is 66.2 Å². The Morgan fingerprint density at radius 3 is 2.28 bits per heavy atom. The second-order valence-corrected chi connectivity index (χ2v) is 7.71. The van der Waals surface area contributed by atoms with Crippen LogP contribution in [0.1, 0.15) is 32.3 Å². The van der Waals surface area contributed by atoms with Crippen molar-refractivity contribution in [2.45, 2.75) is 38.8 Å². The zero-order valence-corrected chi connectivity index (χ0v) is 17.5. The van der Waals surface area contributed by atoms with Crippen molar-refractivity contribution >= 4 is 17.6 Å². The van der Waals surface area contributed by atoms with Gasteiger partial charge >= 0.3 is 5.97 Å². The number of hydrogen-bond donors (Lipinski definition) is 0. The number of carbonyl (C=O) groups is 2. The van der Waals surface area contributed by atoms with Crippen LogP contribution in [0, 0.1) is 5.92 Å². The molecule has 154 valence electrons. The van der Waals surface area contributed by atoms with Gasteiger partial charge in [0.25, 0.3) is 0 Å². The van der Waals surface area contributed by atoms with Crippen LogP contribution in [0.4, 0.5) is 5.69 Å². The lowest BCUT2D eigenvalue weighted by molar-refractivity contribution is -0.153. The molecule has 0 N–H and O–H groups in total. The van der Waals surface area contributed by atoms with E-state index in [1.54, 1.807) is 4.90 Å². The van der Waals surface area contributed by atoms with Gasteiger partial charge in [-0.15, -0.1) is 0 Å². The number of anilines is 1. The van der Waals surface area contributed by atoms with Crippen LogP contribution >= 0.6 is 0 Å². The number of piperidine rings is 1. The highest BCUT2D eigenvalue weighted by atomic mass is 16.5. The summed E-state index contributed by atoms with van der Waals surface area (Å²) in [5, 5.41) is 0. The van der Waals surface area contributed by atoms with Gasteiger partial charge in [0.2, 0.25) is 5.91 Å². The van der Waals surface area contributed by atoms with Crippen molar-refractivity contribution in [2.75, 3.05) is 25.1 Å². The van der Waals surface area contributed by atoms with Gasteiger partial charge in [-0.05, 0) is 24.1 Å². The first-order valence-electron chi connectivity index (χ1n) is 10.3. The number of amides is 1. The molecule has 0 spiro atoms. The van der Waals surface area contributed by atoms with Gasteiger partial charge in [0.05, 0.1) is 7.11 Å². The molecule has 2 atom stereocenters. The highest BCUT2D eigenvalue weighted by molar-refractivity contribution is 6.02. The highest BCUT2D eigenvalue weighted by Crippen LogP contribution is 2.39. The maximum atomic E-state index is 13.2. The van der Waals surface area contributed by atoms with Gasteiger partial charge < -0.3 is 4.74 Å². The van der Waals surface area contributed by atoms with Crippen LogP contribution in [-0.4, -0.2) is 42.5 Å². The van der Waals surface area contributed by atoms with E-state index in [-0.39, 0.29) is 17.8 Å². The van der Waals surface area contributed by atoms with E-state index in [0.29, 0.717) is 25.9 Å². The molecule has 3 rings (SSSR count). The summed E-state index contributed by atoms with van der Waals surface area (Å²) in [5.74, 6) is -0.483. The summed E-state index contributed by atoms with van der Waals surface area (Å²) in [5.41, 5.74) is 0.985. The van der Waals surface area contributed by atoms with Crippen LogP contribution in [-0.2, 0) is 20.9 Å². The highest BCUT2D eigenvalue weighted by Gasteiger charge is 2.54. The minimum Gasteiger partial charge on any atom is -0.467 e. The van der Waals surface area contributed by atoms with Crippen LogP contribution in [0.15, 0.2) is 60.7 Å². The van der Waals surface area contributed by atoms with Gasteiger partial charge in [-0.2, -0.15) is 0 Å². The Balaban J connectivity index is 1.94. The zero-order chi connectivity index (χ0) is 20.9. The first kappa shape index (κ1) is 21.1. The summed E-state index contributed by atoms with van der Waals surface area (Å²) >= 11 is 0. The quantitative estimate of drug-likeness (QED) is 0.698. The number of hydrogen-bond acceptors (Lipinski definition) is 4. The van der Waals surface area contributed by atoms with Gasteiger partial charge in [-0.3, -0.25) is 14.6 Å². The van der Waals surface area contributed by atoms with E-state index in [4.69, 9.17) is 4.74 Å². The molecule has 5 heteroatoms. The predicted octanol–water partition coefficient (Wildman–Crippen LogP) is 3.88. The molecule has 1 fully saturated rings. The van der Waals surface area contributed by atoms with Crippen molar-refractivity contribution in [1.29, 1.82) is 0 Å². The average molecular weight is 395 g/mol. The summed E-state index contributed by atoms with van der Waals surface area (Å²) in [6.45, 7) is 6.14. The van der Waals surface area contributed by atoms with Gasteiger partial charge in [-0.1, -0.05) is 62.4 Å². The van der Waals surface area contributed by atoms with Crippen LogP contribution in [0.5, 0.6) is 0 Å².